The molecule has 4 rings (SSSR count). The van der Waals surface area contributed by atoms with Crippen LogP contribution in [-0.2, 0) is 0 Å². The van der Waals surface area contributed by atoms with Crippen molar-refractivity contribution in [3.8, 4) is 17.4 Å². The van der Waals surface area contributed by atoms with E-state index in [2.05, 4.69) is 15.3 Å². The fourth-order valence-electron chi connectivity index (χ4n) is 2.68. The third-order valence-corrected chi connectivity index (χ3v) is 4.48. The smallest absolute Gasteiger partial charge is 0.256 e. The number of anilines is 1. The highest BCUT2D eigenvalue weighted by Gasteiger charge is 2.09. The highest BCUT2D eigenvalue weighted by atomic mass is 35.5. The van der Waals surface area contributed by atoms with Crippen molar-refractivity contribution in [3.63, 3.8) is 0 Å². The Bertz CT molecular complexity index is 1180. The van der Waals surface area contributed by atoms with Crippen molar-refractivity contribution in [1.82, 2.24) is 9.97 Å². The molecule has 0 saturated heterocycles. The summed E-state index contributed by atoms with van der Waals surface area (Å²) in [6, 6.07) is 21.1. The topological polar surface area (TPSA) is 73.3 Å². The number of hydrogen-bond donors (Lipinski definition) is 1. The van der Waals surface area contributed by atoms with Gasteiger partial charge >= 0.3 is 0 Å². The first-order chi connectivity index (χ1) is 14.1. The van der Waals surface area contributed by atoms with Crippen LogP contribution in [0.25, 0.3) is 11.0 Å². The quantitative estimate of drug-likeness (QED) is 0.485. The maximum absolute atomic E-state index is 12.4. The number of rotatable bonds is 5. The molecule has 0 atom stereocenters. The predicted molar refractivity (Wildman–Crippen MR) is 112 cm³/mol. The van der Waals surface area contributed by atoms with Gasteiger partial charge in [0.15, 0.2) is 5.65 Å². The predicted octanol–water partition coefficient (Wildman–Crippen LogP) is 5.34. The van der Waals surface area contributed by atoms with E-state index in [4.69, 9.17) is 21.1 Å². The first kappa shape index (κ1) is 18.7. The number of amides is 1. The molecule has 1 amide bonds. The van der Waals surface area contributed by atoms with E-state index in [-0.39, 0.29) is 5.91 Å². The third-order valence-electron chi connectivity index (χ3n) is 4.17. The molecule has 6 nitrogen and oxygen atoms in total. The number of nitrogens with zero attached hydrogens (tertiary/aromatic N) is 2. The zero-order valence-electron chi connectivity index (χ0n) is 15.4. The Morgan fingerprint density at radius 2 is 1.69 bits per heavy atom. The van der Waals surface area contributed by atoms with Gasteiger partial charge in [0.25, 0.3) is 5.91 Å². The van der Waals surface area contributed by atoms with Gasteiger partial charge in [0.05, 0.1) is 12.1 Å². The Hall–Kier alpha value is -3.64. The fraction of sp³-hybridized carbons (Fsp3) is 0.0455. The van der Waals surface area contributed by atoms with Gasteiger partial charge in [-0.15, -0.1) is 0 Å². The van der Waals surface area contributed by atoms with E-state index in [0.29, 0.717) is 39.4 Å². The molecule has 2 aromatic heterocycles. The second kappa shape index (κ2) is 8.16. The van der Waals surface area contributed by atoms with Crippen LogP contribution in [0.4, 0.5) is 5.82 Å². The van der Waals surface area contributed by atoms with Gasteiger partial charge in [-0.1, -0.05) is 23.7 Å². The van der Waals surface area contributed by atoms with Crippen molar-refractivity contribution in [3.05, 3.63) is 83.4 Å². The van der Waals surface area contributed by atoms with E-state index >= 15 is 0 Å². The van der Waals surface area contributed by atoms with Gasteiger partial charge in [-0.25, -0.2) is 4.98 Å². The van der Waals surface area contributed by atoms with Crippen LogP contribution in [-0.4, -0.2) is 23.0 Å². The average molecular weight is 406 g/mol. The number of pyridine rings is 2. The van der Waals surface area contributed by atoms with Crippen molar-refractivity contribution in [1.29, 1.82) is 0 Å². The van der Waals surface area contributed by atoms with Crippen molar-refractivity contribution in [2.45, 2.75) is 0 Å². The number of hydrogen-bond acceptors (Lipinski definition) is 5. The lowest BCUT2D eigenvalue weighted by Gasteiger charge is -2.08. The van der Waals surface area contributed by atoms with Crippen molar-refractivity contribution < 1.29 is 14.3 Å². The normalized spacial score (nSPS) is 10.6. The minimum Gasteiger partial charge on any atom is -0.497 e. The molecule has 0 saturated carbocycles. The SMILES string of the molecule is COc1ccc(C(=O)Nc2ccc3ccc(Oc4ccccc4Cl)nc3n2)cc1. The Labute approximate surface area is 172 Å². The number of carbonyl (C=O) groups is 1. The molecule has 0 fully saturated rings. The molecular weight excluding hydrogens is 390 g/mol. The second-order valence-electron chi connectivity index (χ2n) is 6.11. The van der Waals surface area contributed by atoms with Gasteiger partial charge in [-0.05, 0) is 54.6 Å². The number of nitrogens with one attached hydrogen (secondary N) is 1. The number of fused-ring (bicyclic) bond motifs is 1. The molecule has 0 aliphatic heterocycles. The molecule has 2 aromatic carbocycles. The molecule has 0 aliphatic carbocycles. The van der Waals surface area contributed by atoms with Gasteiger partial charge in [0.2, 0.25) is 5.88 Å². The highest BCUT2D eigenvalue weighted by Crippen LogP contribution is 2.28. The number of benzene rings is 2. The number of carbonyl (C=O) groups excluding carboxylic acids is 1. The summed E-state index contributed by atoms with van der Waals surface area (Å²) >= 11 is 6.13. The first-order valence-corrected chi connectivity index (χ1v) is 9.16. The van der Waals surface area contributed by atoms with Gasteiger partial charge in [-0.3, -0.25) is 4.79 Å². The van der Waals surface area contributed by atoms with Crippen LogP contribution in [0.2, 0.25) is 5.02 Å². The van der Waals surface area contributed by atoms with Crippen LogP contribution in [0.1, 0.15) is 10.4 Å². The van der Waals surface area contributed by atoms with Gasteiger partial charge in [-0.2, -0.15) is 4.98 Å². The molecule has 0 radical (unpaired) electrons. The standard InChI is InChI=1S/C22H16ClN3O3/c1-28-16-10-6-15(7-11-16)22(27)25-19-12-8-14-9-13-20(26-21(14)24-19)29-18-5-3-2-4-17(18)23/h2-13H,1H3,(H,24,25,26,27). The molecule has 144 valence electrons. The first-order valence-electron chi connectivity index (χ1n) is 8.78. The zero-order chi connectivity index (χ0) is 20.2. The number of ether oxygens (including phenoxy) is 2. The molecule has 0 spiro atoms. The lowest BCUT2D eigenvalue weighted by Crippen LogP contribution is -2.12. The lowest BCUT2D eigenvalue weighted by molar-refractivity contribution is 0.102. The number of methoxy groups -OCH3 is 1. The van der Waals surface area contributed by atoms with Crippen LogP contribution in [0.15, 0.2) is 72.8 Å². The molecule has 4 aromatic rings. The summed E-state index contributed by atoms with van der Waals surface area (Å²) in [5, 5.41) is 4.08. The monoisotopic (exact) mass is 405 g/mol. The van der Waals surface area contributed by atoms with Crippen LogP contribution >= 0.6 is 11.6 Å². The van der Waals surface area contributed by atoms with E-state index in [9.17, 15) is 4.79 Å². The van der Waals surface area contributed by atoms with Crippen LogP contribution in [0.5, 0.6) is 17.4 Å². The molecule has 0 aliphatic rings. The molecule has 2 heterocycles. The molecule has 0 unspecified atom stereocenters. The maximum atomic E-state index is 12.4. The molecule has 7 heteroatoms. The van der Waals surface area contributed by atoms with Crippen molar-refractivity contribution in [2.24, 2.45) is 0 Å². The fourth-order valence-corrected chi connectivity index (χ4v) is 2.85. The van der Waals surface area contributed by atoms with E-state index in [1.165, 1.54) is 0 Å². The number of para-hydroxylation sites is 1. The summed E-state index contributed by atoms with van der Waals surface area (Å²) in [4.78, 5) is 21.3. The van der Waals surface area contributed by atoms with Crippen LogP contribution < -0.4 is 14.8 Å². The van der Waals surface area contributed by atoms with Gasteiger partial charge in [0, 0.05) is 17.0 Å². The summed E-state index contributed by atoms with van der Waals surface area (Å²) in [5.41, 5.74) is 0.943. The largest absolute Gasteiger partial charge is 0.497 e. The number of halogens is 1. The molecule has 29 heavy (non-hydrogen) atoms. The zero-order valence-corrected chi connectivity index (χ0v) is 16.2. The van der Waals surface area contributed by atoms with Gasteiger partial charge in [0.1, 0.15) is 17.3 Å². The third kappa shape index (κ3) is 4.28. The van der Waals surface area contributed by atoms with E-state index in [1.54, 1.807) is 55.6 Å². The minimum atomic E-state index is -0.275. The van der Waals surface area contributed by atoms with Crippen LogP contribution in [0.3, 0.4) is 0 Å². The summed E-state index contributed by atoms with van der Waals surface area (Å²) in [6.45, 7) is 0. The summed E-state index contributed by atoms with van der Waals surface area (Å²) in [7, 11) is 1.57. The Morgan fingerprint density at radius 1 is 0.931 bits per heavy atom. The summed E-state index contributed by atoms with van der Waals surface area (Å²) < 4.78 is 10.9. The van der Waals surface area contributed by atoms with E-state index < -0.39 is 0 Å². The van der Waals surface area contributed by atoms with Crippen molar-refractivity contribution in [2.75, 3.05) is 12.4 Å². The van der Waals surface area contributed by atoms with Crippen molar-refractivity contribution >= 4 is 34.4 Å². The second-order valence-corrected chi connectivity index (χ2v) is 6.52. The summed E-state index contributed by atoms with van der Waals surface area (Å²) in [5.74, 6) is 1.66. The van der Waals surface area contributed by atoms with E-state index in [1.807, 2.05) is 24.3 Å². The molecule has 1 N–H and O–H groups in total. The Morgan fingerprint density at radius 3 is 2.45 bits per heavy atom. The Kier molecular flexibility index (Phi) is 5.27. The molecule has 0 bridgehead atoms. The highest BCUT2D eigenvalue weighted by molar-refractivity contribution is 6.32. The maximum Gasteiger partial charge on any atom is 0.256 e. The molecular formula is C22H16ClN3O3. The van der Waals surface area contributed by atoms with Gasteiger partial charge < -0.3 is 14.8 Å². The summed E-state index contributed by atoms with van der Waals surface area (Å²) in [6.07, 6.45) is 0. The van der Waals surface area contributed by atoms with E-state index in [0.717, 1.165) is 5.39 Å². The lowest BCUT2D eigenvalue weighted by atomic mass is 10.2. The van der Waals surface area contributed by atoms with Crippen LogP contribution in [0, 0.1) is 0 Å². The minimum absolute atomic E-state index is 0.275. The number of aromatic nitrogens is 2. The Balaban J connectivity index is 1.56. The average Bonchev–Trinajstić information content (AvgIpc) is 2.75.